The number of imide groups is 1. The predicted molar refractivity (Wildman–Crippen MR) is 65.6 cm³/mol. The van der Waals surface area contributed by atoms with Crippen molar-refractivity contribution in [2.75, 3.05) is 18.1 Å². The maximum absolute atomic E-state index is 11.6. The molecule has 0 radical (unpaired) electrons. The minimum Gasteiger partial charge on any atom is -0.389 e. The Kier molecular flexibility index (Phi) is 3.16. The van der Waals surface area contributed by atoms with Crippen molar-refractivity contribution in [3.8, 4) is 0 Å². The number of hydrogen-bond acceptors (Lipinski definition) is 4. The summed E-state index contributed by atoms with van der Waals surface area (Å²) in [5.41, 5.74) is 6.66. The monoisotopic (exact) mass is 250 g/mol. The summed E-state index contributed by atoms with van der Waals surface area (Å²) in [6.45, 7) is -0.161. The molecule has 1 aliphatic rings. The van der Waals surface area contributed by atoms with Gasteiger partial charge in [0.1, 0.15) is 18.2 Å². The van der Waals surface area contributed by atoms with Crippen molar-refractivity contribution in [1.29, 1.82) is 0 Å². The fourth-order valence-corrected chi connectivity index (χ4v) is 1.69. The molecule has 0 bridgehead atoms. The van der Waals surface area contributed by atoms with Crippen molar-refractivity contribution >= 4 is 34.7 Å². The molecule has 0 aromatic heterocycles. The molecule has 88 valence electrons. The Hall–Kier alpha value is -1.79. The van der Waals surface area contributed by atoms with E-state index in [4.69, 9.17) is 22.7 Å². The van der Waals surface area contributed by atoms with E-state index in [-0.39, 0.29) is 30.0 Å². The van der Waals surface area contributed by atoms with Gasteiger partial charge in [-0.05, 0) is 24.3 Å². The molecule has 0 atom stereocenters. The van der Waals surface area contributed by atoms with Crippen LogP contribution in [0, 0.1) is 0 Å². The average molecular weight is 250 g/mol. The Morgan fingerprint density at radius 3 is 2.18 bits per heavy atom. The molecule has 1 aromatic rings. The van der Waals surface area contributed by atoms with Crippen molar-refractivity contribution in [1.82, 2.24) is 0 Å². The Bertz CT molecular complexity index is 468. The molecule has 1 aromatic carbocycles. The van der Waals surface area contributed by atoms with Gasteiger partial charge in [-0.2, -0.15) is 0 Å². The van der Waals surface area contributed by atoms with Crippen molar-refractivity contribution in [3.63, 3.8) is 0 Å². The summed E-state index contributed by atoms with van der Waals surface area (Å²) in [5.74, 6) is -0.742. The summed E-state index contributed by atoms with van der Waals surface area (Å²) >= 11 is 4.82. The summed E-state index contributed by atoms with van der Waals surface area (Å²) < 4.78 is 4.83. The molecule has 0 spiro atoms. The minimum absolute atomic E-state index is 0.0806. The molecule has 1 saturated heterocycles. The lowest BCUT2D eigenvalue weighted by molar-refractivity contribution is -0.138. The molecule has 1 aliphatic heterocycles. The lowest BCUT2D eigenvalue weighted by Gasteiger charge is -2.24. The van der Waals surface area contributed by atoms with Gasteiger partial charge in [-0.3, -0.25) is 9.59 Å². The number of amides is 2. The summed E-state index contributed by atoms with van der Waals surface area (Å²) in [7, 11) is 0. The van der Waals surface area contributed by atoms with Gasteiger partial charge in [-0.1, -0.05) is 12.2 Å². The molecule has 0 aliphatic carbocycles. The van der Waals surface area contributed by atoms with Crippen LogP contribution in [-0.2, 0) is 14.3 Å². The smallest absolute Gasteiger partial charge is 0.259 e. The van der Waals surface area contributed by atoms with E-state index in [2.05, 4.69) is 0 Å². The van der Waals surface area contributed by atoms with Crippen LogP contribution in [0.1, 0.15) is 5.56 Å². The van der Waals surface area contributed by atoms with Crippen LogP contribution in [0.15, 0.2) is 24.3 Å². The SMILES string of the molecule is NC(=S)c1ccc(N2C(=O)COCC2=O)cc1. The van der Waals surface area contributed by atoms with Crippen LogP contribution in [0.3, 0.4) is 0 Å². The Labute approximate surface area is 103 Å². The molecule has 5 nitrogen and oxygen atoms in total. The zero-order valence-corrected chi connectivity index (χ0v) is 9.70. The molecule has 6 heteroatoms. The molecule has 0 saturated carbocycles. The van der Waals surface area contributed by atoms with Crippen molar-refractivity contribution in [3.05, 3.63) is 29.8 Å². The number of hydrogen-bond donors (Lipinski definition) is 1. The lowest BCUT2D eigenvalue weighted by Crippen LogP contribution is -2.46. The fraction of sp³-hybridized carbons (Fsp3) is 0.182. The average Bonchev–Trinajstić information content (AvgIpc) is 2.29. The summed E-state index contributed by atoms with van der Waals surface area (Å²) in [5, 5.41) is 0. The van der Waals surface area contributed by atoms with E-state index in [0.717, 1.165) is 4.90 Å². The lowest BCUT2D eigenvalue weighted by atomic mass is 10.2. The zero-order chi connectivity index (χ0) is 12.4. The molecule has 2 amide bonds. The van der Waals surface area contributed by atoms with Gasteiger partial charge in [0.05, 0.1) is 5.69 Å². The number of rotatable bonds is 2. The van der Waals surface area contributed by atoms with E-state index in [9.17, 15) is 9.59 Å². The molecular formula is C11H10N2O3S. The molecule has 2 N–H and O–H groups in total. The fourth-order valence-electron chi connectivity index (χ4n) is 1.56. The van der Waals surface area contributed by atoms with Gasteiger partial charge in [0, 0.05) is 5.56 Å². The highest BCUT2D eigenvalue weighted by molar-refractivity contribution is 7.80. The molecule has 1 fully saturated rings. The van der Waals surface area contributed by atoms with Gasteiger partial charge in [-0.25, -0.2) is 4.90 Å². The van der Waals surface area contributed by atoms with Crippen LogP contribution in [-0.4, -0.2) is 30.0 Å². The third-order valence-electron chi connectivity index (χ3n) is 2.36. The van der Waals surface area contributed by atoms with Crippen molar-refractivity contribution in [2.24, 2.45) is 5.73 Å². The molecule has 17 heavy (non-hydrogen) atoms. The van der Waals surface area contributed by atoms with E-state index >= 15 is 0 Å². The quantitative estimate of drug-likeness (QED) is 0.600. The normalized spacial score (nSPS) is 16.1. The third-order valence-corrected chi connectivity index (χ3v) is 2.60. The predicted octanol–water partition coefficient (Wildman–Crippen LogP) is 0.211. The van der Waals surface area contributed by atoms with E-state index in [1.807, 2.05) is 0 Å². The maximum Gasteiger partial charge on any atom is 0.259 e. The van der Waals surface area contributed by atoms with Gasteiger partial charge in [0.2, 0.25) is 0 Å². The standard InChI is InChI=1S/C11H10N2O3S/c12-11(17)7-1-3-8(4-2-7)13-9(14)5-16-6-10(13)15/h1-4H,5-6H2,(H2,12,17). The first-order valence-electron chi connectivity index (χ1n) is 4.93. The van der Waals surface area contributed by atoms with Crippen molar-refractivity contribution in [2.45, 2.75) is 0 Å². The summed E-state index contributed by atoms with van der Waals surface area (Å²) in [6, 6.07) is 6.62. The second-order valence-corrected chi connectivity index (χ2v) is 3.97. The zero-order valence-electron chi connectivity index (χ0n) is 8.88. The largest absolute Gasteiger partial charge is 0.389 e. The number of ether oxygens (including phenoxy) is 1. The molecule has 0 unspecified atom stereocenters. The van der Waals surface area contributed by atoms with Gasteiger partial charge in [0.15, 0.2) is 0 Å². The third kappa shape index (κ3) is 2.32. The number of morpholine rings is 1. The molecule has 2 rings (SSSR count). The van der Waals surface area contributed by atoms with Gasteiger partial charge in [0.25, 0.3) is 11.8 Å². The van der Waals surface area contributed by atoms with Crippen LogP contribution < -0.4 is 10.6 Å². The number of carbonyl (C=O) groups excluding carboxylic acids is 2. The highest BCUT2D eigenvalue weighted by Gasteiger charge is 2.27. The molecular weight excluding hydrogens is 240 g/mol. The van der Waals surface area contributed by atoms with Crippen LogP contribution >= 0.6 is 12.2 Å². The Morgan fingerprint density at radius 1 is 1.18 bits per heavy atom. The second-order valence-electron chi connectivity index (χ2n) is 3.53. The Morgan fingerprint density at radius 2 is 1.71 bits per heavy atom. The van der Waals surface area contributed by atoms with E-state index < -0.39 is 0 Å². The summed E-state index contributed by atoms with van der Waals surface area (Å²) in [4.78, 5) is 24.5. The molecule has 1 heterocycles. The first-order chi connectivity index (χ1) is 8.09. The topological polar surface area (TPSA) is 72.6 Å². The first kappa shape index (κ1) is 11.7. The van der Waals surface area contributed by atoms with Gasteiger partial charge < -0.3 is 10.5 Å². The van der Waals surface area contributed by atoms with Crippen LogP contribution in [0.4, 0.5) is 5.69 Å². The Balaban J connectivity index is 2.29. The number of benzene rings is 1. The number of thiocarbonyl (C=S) groups is 1. The van der Waals surface area contributed by atoms with Crippen LogP contribution in [0.5, 0.6) is 0 Å². The van der Waals surface area contributed by atoms with E-state index in [0.29, 0.717) is 11.3 Å². The van der Waals surface area contributed by atoms with E-state index in [1.54, 1.807) is 24.3 Å². The minimum atomic E-state index is -0.371. The summed E-state index contributed by atoms with van der Waals surface area (Å²) in [6.07, 6.45) is 0. The van der Waals surface area contributed by atoms with Crippen molar-refractivity contribution < 1.29 is 14.3 Å². The van der Waals surface area contributed by atoms with Gasteiger partial charge in [-0.15, -0.1) is 0 Å². The highest BCUT2D eigenvalue weighted by atomic mass is 32.1. The van der Waals surface area contributed by atoms with Crippen LogP contribution in [0.25, 0.3) is 0 Å². The van der Waals surface area contributed by atoms with Crippen LogP contribution in [0.2, 0.25) is 0 Å². The first-order valence-corrected chi connectivity index (χ1v) is 5.34. The number of carbonyl (C=O) groups is 2. The second kappa shape index (κ2) is 4.60. The van der Waals surface area contributed by atoms with E-state index in [1.165, 1.54) is 0 Å². The van der Waals surface area contributed by atoms with Gasteiger partial charge >= 0.3 is 0 Å². The number of anilines is 1. The number of nitrogens with two attached hydrogens (primary N) is 1. The highest BCUT2D eigenvalue weighted by Crippen LogP contribution is 2.18. The number of nitrogens with zero attached hydrogens (tertiary/aromatic N) is 1. The maximum atomic E-state index is 11.6.